The van der Waals surface area contributed by atoms with Crippen molar-refractivity contribution < 1.29 is 13.2 Å². The van der Waals surface area contributed by atoms with Crippen LogP contribution in [0, 0.1) is 6.92 Å². The summed E-state index contributed by atoms with van der Waals surface area (Å²) in [5.41, 5.74) is 0.871. The number of nitrogens with one attached hydrogen (secondary N) is 1. The van der Waals surface area contributed by atoms with Crippen LogP contribution in [0.4, 0.5) is 5.69 Å². The van der Waals surface area contributed by atoms with Crippen LogP contribution in [0.5, 0.6) is 0 Å². The van der Waals surface area contributed by atoms with E-state index < -0.39 is 27.8 Å². The minimum absolute atomic E-state index is 0.0149. The van der Waals surface area contributed by atoms with Crippen molar-refractivity contribution in [3.63, 3.8) is 0 Å². The topological polar surface area (TPSA) is 98.1 Å². The Labute approximate surface area is 166 Å². The molecule has 0 aliphatic heterocycles. The van der Waals surface area contributed by atoms with E-state index in [2.05, 4.69) is 10.4 Å². The molecule has 144 valence electrons. The van der Waals surface area contributed by atoms with E-state index in [1.807, 2.05) is 19.1 Å². The maximum absolute atomic E-state index is 12.7. The van der Waals surface area contributed by atoms with Crippen molar-refractivity contribution in [2.24, 2.45) is 0 Å². The van der Waals surface area contributed by atoms with Gasteiger partial charge in [0.15, 0.2) is 5.03 Å². The molecule has 0 radical (unpaired) electrons. The molecular weight excluding hydrogens is 402 g/mol. The SMILES string of the molecule is Cc1ccccc1NC(=O)Cn1nc(S(=O)(=O)c2ccc(Cl)cc2)ccc1=O. The molecule has 1 aromatic heterocycles. The fraction of sp³-hybridized carbons (Fsp3) is 0.105. The second kappa shape index (κ2) is 7.95. The summed E-state index contributed by atoms with van der Waals surface area (Å²) in [5, 5.41) is 6.61. The number of rotatable bonds is 5. The highest BCUT2D eigenvalue weighted by Gasteiger charge is 2.21. The fourth-order valence-corrected chi connectivity index (χ4v) is 3.78. The number of sulfone groups is 1. The average molecular weight is 418 g/mol. The van der Waals surface area contributed by atoms with Gasteiger partial charge in [-0.15, -0.1) is 0 Å². The molecule has 0 unspecified atom stereocenters. The Hall–Kier alpha value is -2.97. The van der Waals surface area contributed by atoms with Gasteiger partial charge in [-0.2, -0.15) is 5.10 Å². The van der Waals surface area contributed by atoms with Gasteiger partial charge in [-0.1, -0.05) is 29.8 Å². The third kappa shape index (κ3) is 4.29. The molecule has 1 heterocycles. The van der Waals surface area contributed by atoms with E-state index in [4.69, 9.17) is 11.6 Å². The summed E-state index contributed by atoms with van der Waals surface area (Å²) >= 11 is 5.79. The molecular formula is C19H16ClN3O4S. The molecule has 0 aliphatic carbocycles. The van der Waals surface area contributed by atoms with Gasteiger partial charge in [0.1, 0.15) is 6.54 Å². The third-order valence-electron chi connectivity index (χ3n) is 3.95. The second-order valence-corrected chi connectivity index (χ2v) is 8.32. The highest BCUT2D eigenvalue weighted by Crippen LogP contribution is 2.20. The van der Waals surface area contributed by atoms with E-state index in [9.17, 15) is 18.0 Å². The van der Waals surface area contributed by atoms with Crippen LogP contribution in [0.1, 0.15) is 5.56 Å². The Balaban J connectivity index is 1.87. The number of anilines is 1. The molecule has 1 N–H and O–H groups in total. The number of halogens is 1. The molecule has 3 aromatic rings. The first-order valence-electron chi connectivity index (χ1n) is 8.22. The zero-order chi connectivity index (χ0) is 20.3. The van der Waals surface area contributed by atoms with Crippen LogP contribution >= 0.6 is 11.6 Å². The van der Waals surface area contributed by atoms with E-state index >= 15 is 0 Å². The Morgan fingerprint density at radius 1 is 1.07 bits per heavy atom. The highest BCUT2D eigenvalue weighted by molar-refractivity contribution is 7.91. The summed E-state index contributed by atoms with van der Waals surface area (Å²) < 4.78 is 26.2. The van der Waals surface area contributed by atoms with Crippen molar-refractivity contribution in [3.05, 3.63) is 81.6 Å². The maximum atomic E-state index is 12.7. The molecule has 28 heavy (non-hydrogen) atoms. The lowest BCUT2D eigenvalue weighted by atomic mass is 10.2. The Morgan fingerprint density at radius 3 is 2.43 bits per heavy atom. The zero-order valence-corrected chi connectivity index (χ0v) is 16.4. The molecule has 0 saturated heterocycles. The average Bonchev–Trinajstić information content (AvgIpc) is 2.65. The van der Waals surface area contributed by atoms with Crippen molar-refractivity contribution in [2.45, 2.75) is 23.4 Å². The fourth-order valence-electron chi connectivity index (χ4n) is 2.46. The van der Waals surface area contributed by atoms with Gasteiger partial charge < -0.3 is 5.32 Å². The monoisotopic (exact) mass is 417 g/mol. The Kier molecular flexibility index (Phi) is 5.62. The zero-order valence-electron chi connectivity index (χ0n) is 14.8. The van der Waals surface area contributed by atoms with Crippen LogP contribution in [0.3, 0.4) is 0 Å². The molecule has 0 bridgehead atoms. The standard InChI is InChI=1S/C19H16ClN3O4S/c1-13-4-2-3-5-16(13)21-17(24)12-23-19(25)11-10-18(22-23)28(26,27)15-8-6-14(20)7-9-15/h2-11H,12H2,1H3,(H,21,24). The van der Waals surface area contributed by atoms with Crippen LogP contribution in [-0.2, 0) is 21.2 Å². The van der Waals surface area contributed by atoms with E-state index in [1.54, 1.807) is 12.1 Å². The normalized spacial score (nSPS) is 11.2. The molecule has 2 aromatic carbocycles. The van der Waals surface area contributed by atoms with E-state index in [0.717, 1.165) is 22.4 Å². The third-order valence-corrected chi connectivity index (χ3v) is 5.87. The van der Waals surface area contributed by atoms with Crippen molar-refractivity contribution in [2.75, 3.05) is 5.32 Å². The molecule has 0 aliphatic rings. The van der Waals surface area contributed by atoms with Gasteiger partial charge in [-0.3, -0.25) is 9.59 Å². The summed E-state index contributed by atoms with van der Waals surface area (Å²) in [4.78, 5) is 24.3. The summed E-state index contributed by atoms with van der Waals surface area (Å²) in [5.74, 6) is -0.495. The predicted octanol–water partition coefficient (Wildman–Crippen LogP) is 2.68. The first kappa shape index (κ1) is 19.8. The minimum atomic E-state index is -3.96. The lowest BCUT2D eigenvalue weighted by Gasteiger charge is -2.10. The number of benzene rings is 2. The number of aromatic nitrogens is 2. The lowest BCUT2D eigenvalue weighted by Crippen LogP contribution is -2.30. The molecule has 0 saturated carbocycles. The van der Waals surface area contributed by atoms with E-state index in [1.165, 1.54) is 24.3 Å². The smallest absolute Gasteiger partial charge is 0.267 e. The number of hydrogen-bond acceptors (Lipinski definition) is 5. The molecule has 0 spiro atoms. The Bertz CT molecular complexity index is 1190. The highest BCUT2D eigenvalue weighted by atomic mass is 35.5. The van der Waals surface area contributed by atoms with Crippen LogP contribution in [-0.4, -0.2) is 24.1 Å². The summed E-state index contributed by atoms with van der Waals surface area (Å²) in [6.07, 6.45) is 0. The minimum Gasteiger partial charge on any atom is -0.324 e. The Morgan fingerprint density at radius 2 is 1.75 bits per heavy atom. The van der Waals surface area contributed by atoms with Gasteiger partial charge in [0.25, 0.3) is 5.56 Å². The van der Waals surface area contributed by atoms with Crippen LogP contribution < -0.4 is 10.9 Å². The van der Waals surface area contributed by atoms with Gasteiger partial charge in [0.05, 0.1) is 4.90 Å². The number of amides is 1. The summed E-state index contributed by atoms with van der Waals surface area (Å²) in [6.45, 7) is 1.41. The van der Waals surface area contributed by atoms with Crippen molar-refractivity contribution >= 4 is 33.0 Å². The maximum Gasteiger partial charge on any atom is 0.267 e. The largest absolute Gasteiger partial charge is 0.324 e. The number of para-hydroxylation sites is 1. The number of nitrogens with zero attached hydrogens (tertiary/aromatic N) is 2. The number of carbonyl (C=O) groups excluding carboxylic acids is 1. The predicted molar refractivity (Wildman–Crippen MR) is 105 cm³/mol. The number of aryl methyl sites for hydroxylation is 1. The van der Waals surface area contributed by atoms with Crippen LogP contribution in [0.2, 0.25) is 5.02 Å². The lowest BCUT2D eigenvalue weighted by molar-refractivity contribution is -0.117. The van der Waals surface area contributed by atoms with Crippen LogP contribution in [0.25, 0.3) is 0 Å². The number of hydrogen-bond donors (Lipinski definition) is 1. The van der Waals surface area contributed by atoms with Crippen molar-refractivity contribution in [1.82, 2.24) is 9.78 Å². The van der Waals surface area contributed by atoms with Gasteiger partial charge in [-0.25, -0.2) is 13.1 Å². The van der Waals surface area contributed by atoms with Gasteiger partial charge >= 0.3 is 0 Å². The summed E-state index contributed by atoms with van der Waals surface area (Å²) in [6, 6.07) is 14.9. The second-order valence-electron chi connectivity index (χ2n) is 5.99. The summed E-state index contributed by atoms with van der Waals surface area (Å²) in [7, 11) is -3.96. The van der Waals surface area contributed by atoms with E-state index in [-0.39, 0.29) is 9.92 Å². The molecule has 3 rings (SSSR count). The van der Waals surface area contributed by atoms with Crippen molar-refractivity contribution in [1.29, 1.82) is 0 Å². The van der Waals surface area contributed by atoms with Gasteiger partial charge in [0.2, 0.25) is 15.7 Å². The van der Waals surface area contributed by atoms with Gasteiger partial charge in [-0.05, 0) is 48.9 Å². The molecule has 9 heteroatoms. The molecule has 0 fully saturated rings. The van der Waals surface area contributed by atoms with Crippen LogP contribution in [0.15, 0.2) is 75.4 Å². The molecule has 7 nitrogen and oxygen atoms in total. The number of carbonyl (C=O) groups is 1. The molecule has 1 amide bonds. The first-order chi connectivity index (χ1) is 13.3. The molecule has 0 atom stereocenters. The van der Waals surface area contributed by atoms with Crippen molar-refractivity contribution in [3.8, 4) is 0 Å². The quantitative estimate of drug-likeness (QED) is 0.688. The van der Waals surface area contributed by atoms with Gasteiger partial charge in [0, 0.05) is 16.8 Å². The van der Waals surface area contributed by atoms with E-state index in [0.29, 0.717) is 10.7 Å². The first-order valence-corrected chi connectivity index (χ1v) is 10.1.